The maximum absolute atomic E-state index is 12.7. The first-order chi connectivity index (χ1) is 8.47. The van der Waals surface area contributed by atoms with Gasteiger partial charge in [0.25, 0.3) is 0 Å². The zero-order valence-corrected chi connectivity index (χ0v) is 14.5. The Morgan fingerprint density at radius 3 is 2.35 bits per heavy atom. The Kier molecular flexibility index (Phi) is 9.01. The van der Waals surface area contributed by atoms with Gasteiger partial charge in [0.2, 0.25) is 0 Å². The molecule has 9 heteroatoms. The van der Waals surface area contributed by atoms with Crippen molar-refractivity contribution in [3.8, 4) is 0 Å². The van der Waals surface area contributed by atoms with E-state index in [0.29, 0.717) is 13.1 Å². The van der Waals surface area contributed by atoms with E-state index in [1.807, 2.05) is 16.3 Å². The number of nitrogens with zero attached hydrogens (tertiary/aromatic N) is 1. The molecule has 118 valence electrons. The van der Waals surface area contributed by atoms with Crippen LogP contribution in [0.5, 0.6) is 0 Å². The minimum atomic E-state index is -4.14. The van der Waals surface area contributed by atoms with Crippen LogP contribution in [0.1, 0.15) is 17.3 Å². The van der Waals surface area contributed by atoms with E-state index < -0.39 is 18.6 Å². The van der Waals surface area contributed by atoms with E-state index in [0.717, 1.165) is 22.4 Å². The molecule has 1 aliphatic rings. The minimum absolute atomic E-state index is 0. The van der Waals surface area contributed by atoms with Crippen LogP contribution in [0.15, 0.2) is 15.9 Å². The van der Waals surface area contributed by atoms with Crippen molar-refractivity contribution in [3.05, 3.63) is 20.8 Å². The van der Waals surface area contributed by atoms with Gasteiger partial charge in [-0.25, -0.2) is 0 Å². The first-order valence-corrected chi connectivity index (χ1v) is 7.39. The standard InChI is InChI=1S/C11H14BrF3N2S.2ClH/c12-8-1-6-18-10(8)9(7-11(13,14)15)17-4-2-16-3-5-17;;/h1,6,9,16H,2-5,7H2;2*1H/t9-;;/m1../s1. The number of hydrogen-bond acceptors (Lipinski definition) is 3. The molecule has 0 bridgehead atoms. The molecule has 1 aromatic rings. The fraction of sp³-hybridized carbons (Fsp3) is 0.636. The Labute approximate surface area is 141 Å². The first-order valence-electron chi connectivity index (χ1n) is 5.72. The second kappa shape index (κ2) is 8.80. The summed E-state index contributed by atoms with van der Waals surface area (Å²) in [6, 6.07) is 1.24. The summed E-state index contributed by atoms with van der Waals surface area (Å²) in [7, 11) is 0. The fourth-order valence-corrected chi connectivity index (χ4v) is 3.92. The summed E-state index contributed by atoms with van der Waals surface area (Å²) in [6.07, 6.45) is -4.93. The monoisotopic (exact) mass is 414 g/mol. The fourth-order valence-electron chi connectivity index (χ4n) is 2.14. The quantitative estimate of drug-likeness (QED) is 0.793. The van der Waals surface area contributed by atoms with Gasteiger partial charge in [0.15, 0.2) is 0 Å². The van der Waals surface area contributed by atoms with Crippen molar-refractivity contribution in [1.29, 1.82) is 0 Å². The van der Waals surface area contributed by atoms with Gasteiger partial charge in [0.1, 0.15) is 0 Å². The van der Waals surface area contributed by atoms with Crippen molar-refractivity contribution in [3.63, 3.8) is 0 Å². The zero-order valence-electron chi connectivity index (χ0n) is 10.5. The van der Waals surface area contributed by atoms with Gasteiger partial charge in [-0.05, 0) is 27.4 Å². The largest absolute Gasteiger partial charge is 0.390 e. The highest BCUT2D eigenvalue weighted by molar-refractivity contribution is 9.10. The van der Waals surface area contributed by atoms with Crippen molar-refractivity contribution in [2.24, 2.45) is 0 Å². The molecule has 2 nitrogen and oxygen atoms in total. The van der Waals surface area contributed by atoms with Gasteiger partial charge >= 0.3 is 6.18 Å². The van der Waals surface area contributed by atoms with Gasteiger partial charge < -0.3 is 5.32 Å². The molecular formula is C11H16BrCl2F3N2S. The van der Waals surface area contributed by atoms with Crippen molar-refractivity contribution >= 4 is 52.1 Å². The smallest absolute Gasteiger partial charge is 0.314 e. The van der Waals surface area contributed by atoms with Crippen molar-refractivity contribution in [1.82, 2.24) is 10.2 Å². The third kappa shape index (κ3) is 5.69. The van der Waals surface area contributed by atoms with E-state index >= 15 is 0 Å². The van der Waals surface area contributed by atoms with Gasteiger partial charge in [-0.1, -0.05) is 0 Å². The zero-order chi connectivity index (χ0) is 13.2. The SMILES string of the molecule is Cl.Cl.FC(F)(F)C[C@H](c1sccc1Br)N1CCNCC1. The molecule has 1 N–H and O–H groups in total. The molecule has 1 aliphatic heterocycles. The third-order valence-corrected chi connectivity index (χ3v) is 4.94. The number of nitrogens with one attached hydrogen (secondary N) is 1. The molecule has 0 spiro atoms. The van der Waals surface area contributed by atoms with Gasteiger partial charge in [0.05, 0.1) is 12.5 Å². The van der Waals surface area contributed by atoms with E-state index in [4.69, 9.17) is 0 Å². The highest BCUT2D eigenvalue weighted by Gasteiger charge is 2.37. The predicted octanol–water partition coefficient (Wildman–Crippen LogP) is 4.25. The van der Waals surface area contributed by atoms with Crippen LogP contribution in [-0.2, 0) is 0 Å². The highest BCUT2D eigenvalue weighted by Crippen LogP contribution is 2.39. The molecule has 0 amide bonds. The first kappa shape index (κ1) is 20.5. The molecule has 1 aromatic heterocycles. The van der Waals surface area contributed by atoms with E-state index in [1.54, 1.807) is 0 Å². The summed E-state index contributed by atoms with van der Waals surface area (Å²) in [6.45, 7) is 2.81. The molecule has 2 heterocycles. The lowest BCUT2D eigenvalue weighted by Gasteiger charge is -2.35. The van der Waals surface area contributed by atoms with Gasteiger partial charge in [-0.2, -0.15) is 13.2 Å². The molecule has 20 heavy (non-hydrogen) atoms. The molecule has 2 rings (SSSR count). The number of alkyl halides is 3. The third-order valence-electron chi connectivity index (χ3n) is 2.96. The van der Waals surface area contributed by atoms with Crippen LogP contribution in [0.2, 0.25) is 0 Å². The molecule has 0 saturated carbocycles. The van der Waals surface area contributed by atoms with Gasteiger partial charge in [-0.3, -0.25) is 4.90 Å². The molecule has 1 saturated heterocycles. The summed E-state index contributed by atoms with van der Waals surface area (Å²) < 4.78 is 39.0. The average molecular weight is 416 g/mol. The topological polar surface area (TPSA) is 15.3 Å². The molecule has 1 fully saturated rings. The maximum atomic E-state index is 12.7. The minimum Gasteiger partial charge on any atom is -0.314 e. The maximum Gasteiger partial charge on any atom is 0.390 e. The van der Waals surface area contributed by atoms with E-state index in [2.05, 4.69) is 21.2 Å². The van der Waals surface area contributed by atoms with Crippen molar-refractivity contribution in [2.45, 2.75) is 18.6 Å². The van der Waals surface area contributed by atoms with Crippen LogP contribution in [0.4, 0.5) is 13.2 Å². The summed E-state index contributed by atoms with van der Waals surface area (Å²) >= 11 is 4.72. The average Bonchev–Trinajstić information content (AvgIpc) is 2.72. The van der Waals surface area contributed by atoms with E-state index in [1.165, 1.54) is 11.3 Å². The number of hydrogen-bond donors (Lipinski definition) is 1. The Hall–Kier alpha value is 0.470. The predicted molar refractivity (Wildman–Crippen MR) is 84.4 cm³/mol. The summed E-state index contributed by atoms with van der Waals surface area (Å²) in [5, 5.41) is 4.99. The number of rotatable bonds is 3. The molecule has 0 aliphatic carbocycles. The Morgan fingerprint density at radius 1 is 1.30 bits per heavy atom. The van der Waals surface area contributed by atoms with Crippen LogP contribution >= 0.6 is 52.1 Å². The van der Waals surface area contributed by atoms with E-state index in [9.17, 15) is 13.2 Å². The van der Waals surface area contributed by atoms with Crippen LogP contribution in [0.3, 0.4) is 0 Å². The van der Waals surface area contributed by atoms with Gasteiger partial charge in [0, 0.05) is 35.5 Å². The highest BCUT2D eigenvalue weighted by atomic mass is 79.9. The molecule has 0 aromatic carbocycles. The van der Waals surface area contributed by atoms with Crippen LogP contribution in [0.25, 0.3) is 0 Å². The molecule has 1 atom stereocenters. The lowest BCUT2D eigenvalue weighted by atomic mass is 10.1. The van der Waals surface area contributed by atoms with Crippen LogP contribution in [0, 0.1) is 0 Å². The van der Waals surface area contributed by atoms with Crippen LogP contribution in [-0.4, -0.2) is 37.3 Å². The number of thiophene rings is 1. The van der Waals surface area contributed by atoms with Crippen molar-refractivity contribution < 1.29 is 13.2 Å². The Bertz CT molecular complexity index is 397. The second-order valence-corrected chi connectivity index (χ2v) is 6.06. The van der Waals surface area contributed by atoms with Crippen LogP contribution < -0.4 is 5.32 Å². The Morgan fingerprint density at radius 2 is 1.90 bits per heavy atom. The lowest BCUT2D eigenvalue weighted by Crippen LogP contribution is -2.46. The number of piperazine rings is 1. The second-order valence-electron chi connectivity index (χ2n) is 4.25. The summed E-state index contributed by atoms with van der Waals surface area (Å²) in [4.78, 5) is 2.69. The van der Waals surface area contributed by atoms with E-state index in [-0.39, 0.29) is 24.8 Å². The summed E-state index contributed by atoms with van der Waals surface area (Å²) in [5.41, 5.74) is 0. The van der Waals surface area contributed by atoms with Gasteiger partial charge in [-0.15, -0.1) is 36.2 Å². The lowest BCUT2D eigenvalue weighted by molar-refractivity contribution is -0.148. The summed E-state index contributed by atoms with van der Waals surface area (Å²) in [5.74, 6) is 0. The van der Waals surface area contributed by atoms with Crippen molar-refractivity contribution in [2.75, 3.05) is 26.2 Å². The molecular weight excluding hydrogens is 400 g/mol. The normalized spacial score (nSPS) is 18.0. The molecule has 0 radical (unpaired) electrons. The number of halogens is 6. The Balaban J connectivity index is 0.00000180. The molecule has 0 unspecified atom stereocenters.